The number of fused-ring (bicyclic) bond motifs is 2. The Kier molecular flexibility index (Phi) is 8.17. The molecule has 0 atom stereocenters. The van der Waals surface area contributed by atoms with Crippen LogP contribution in [0.1, 0.15) is 43.6 Å². The van der Waals surface area contributed by atoms with Crippen molar-refractivity contribution in [2.45, 2.75) is 41.9 Å². The van der Waals surface area contributed by atoms with E-state index in [2.05, 4.69) is 105 Å². The first kappa shape index (κ1) is 32.0. The predicted octanol–water partition coefficient (Wildman–Crippen LogP) is 11.5. The molecule has 0 amide bonds. The number of aromatic nitrogens is 5. The molecule has 0 saturated heterocycles. The summed E-state index contributed by atoms with van der Waals surface area (Å²) in [6.45, 7) is 4.65. The standard InChI is InChI=1S/C46H35N5S/c1-46(2)36-20-12-13-21-40(36)52-41-27-26-35(28-37(41)46)39-29-38(47-42(48-39)31-14-6-3-7-15-31)30-22-24-34(25-23-30)45-50-43(32-16-8-4-9-17-32)49-44(51-45)33-18-10-5-11-19-33/h3-6,8-14,16-29H,7,15H2,1-2H3. The van der Waals surface area contributed by atoms with E-state index in [0.29, 0.717) is 17.5 Å². The first-order valence-corrected chi connectivity index (χ1v) is 18.5. The van der Waals surface area contributed by atoms with Crippen LogP contribution in [0.2, 0.25) is 0 Å². The van der Waals surface area contributed by atoms with Gasteiger partial charge in [-0.15, -0.1) is 0 Å². The fraction of sp³-hybridized carbons (Fsp3) is 0.109. The van der Waals surface area contributed by atoms with E-state index in [9.17, 15) is 0 Å². The van der Waals surface area contributed by atoms with Crippen LogP contribution in [0.3, 0.4) is 0 Å². The molecule has 0 spiro atoms. The van der Waals surface area contributed by atoms with E-state index in [0.717, 1.165) is 63.4 Å². The molecule has 3 heterocycles. The molecule has 0 N–H and O–H groups in total. The Labute approximate surface area is 308 Å². The molecule has 0 radical (unpaired) electrons. The maximum absolute atomic E-state index is 5.19. The lowest BCUT2D eigenvalue weighted by Crippen LogP contribution is -2.23. The fourth-order valence-electron chi connectivity index (χ4n) is 7.01. The van der Waals surface area contributed by atoms with Crippen LogP contribution in [0.5, 0.6) is 0 Å². The Morgan fingerprint density at radius 1 is 0.481 bits per heavy atom. The summed E-state index contributed by atoms with van der Waals surface area (Å²) in [6.07, 6.45) is 8.35. The molecule has 52 heavy (non-hydrogen) atoms. The van der Waals surface area contributed by atoms with Crippen molar-refractivity contribution in [1.29, 1.82) is 0 Å². The molecule has 1 aliphatic carbocycles. The summed E-state index contributed by atoms with van der Waals surface area (Å²) < 4.78 is 0. The zero-order valence-electron chi connectivity index (χ0n) is 29.0. The topological polar surface area (TPSA) is 64.5 Å². The third kappa shape index (κ3) is 6.05. The molecule has 9 rings (SSSR count). The monoisotopic (exact) mass is 689 g/mol. The number of rotatable bonds is 6. The highest BCUT2D eigenvalue weighted by Crippen LogP contribution is 2.49. The number of hydrogen-bond donors (Lipinski definition) is 0. The summed E-state index contributed by atoms with van der Waals surface area (Å²) in [7, 11) is 0. The van der Waals surface area contributed by atoms with Crippen LogP contribution in [0.15, 0.2) is 161 Å². The Hall–Kier alpha value is -5.98. The second-order valence-corrected chi connectivity index (χ2v) is 14.8. The van der Waals surface area contributed by atoms with E-state index in [-0.39, 0.29) is 5.41 Å². The Bertz CT molecular complexity index is 2450. The van der Waals surface area contributed by atoms with Crippen molar-refractivity contribution in [2.24, 2.45) is 0 Å². The molecule has 0 bridgehead atoms. The van der Waals surface area contributed by atoms with Gasteiger partial charge >= 0.3 is 0 Å². The van der Waals surface area contributed by atoms with Gasteiger partial charge in [0.2, 0.25) is 0 Å². The average molecular weight is 690 g/mol. The van der Waals surface area contributed by atoms with Gasteiger partial charge < -0.3 is 0 Å². The van der Waals surface area contributed by atoms with Gasteiger partial charge in [0, 0.05) is 43.0 Å². The van der Waals surface area contributed by atoms with E-state index in [1.807, 2.05) is 72.4 Å². The first-order valence-electron chi connectivity index (χ1n) is 17.6. The summed E-state index contributed by atoms with van der Waals surface area (Å²) in [6, 6.07) is 46.2. The van der Waals surface area contributed by atoms with Gasteiger partial charge in [0.1, 0.15) is 0 Å². The highest BCUT2D eigenvalue weighted by atomic mass is 32.2. The third-order valence-corrected chi connectivity index (χ3v) is 11.0. The van der Waals surface area contributed by atoms with E-state index >= 15 is 0 Å². The lowest BCUT2D eigenvalue weighted by molar-refractivity contribution is 0.607. The van der Waals surface area contributed by atoms with Crippen LogP contribution < -0.4 is 0 Å². The van der Waals surface area contributed by atoms with Crippen LogP contribution in [-0.2, 0) is 5.41 Å². The number of hydrogen-bond acceptors (Lipinski definition) is 6. The highest BCUT2D eigenvalue weighted by Gasteiger charge is 2.33. The van der Waals surface area contributed by atoms with E-state index in [4.69, 9.17) is 24.9 Å². The number of nitrogens with zero attached hydrogens (tertiary/aromatic N) is 5. The maximum Gasteiger partial charge on any atom is 0.164 e. The van der Waals surface area contributed by atoms with Crippen LogP contribution >= 0.6 is 11.8 Å². The molecule has 0 unspecified atom stereocenters. The minimum atomic E-state index is -0.131. The van der Waals surface area contributed by atoms with Gasteiger partial charge in [-0.1, -0.05) is 153 Å². The second-order valence-electron chi connectivity index (χ2n) is 13.7. The van der Waals surface area contributed by atoms with Gasteiger partial charge in [-0.2, -0.15) is 0 Å². The van der Waals surface area contributed by atoms with Crippen molar-refractivity contribution in [3.05, 3.63) is 169 Å². The summed E-state index contributed by atoms with van der Waals surface area (Å²) in [4.78, 5) is 27.7. The average Bonchev–Trinajstić information content (AvgIpc) is 3.21. The molecular formula is C46H35N5S. The normalized spacial score (nSPS) is 14.3. The van der Waals surface area contributed by atoms with E-state index in [1.54, 1.807) is 0 Å². The van der Waals surface area contributed by atoms with Gasteiger partial charge in [0.05, 0.1) is 11.4 Å². The number of benzene rings is 5. The second kappa shape index (κ2) is 13.3. The number of allylic oxidation sites excluding steroid dienone is 4. The molecule has 250 valence electrons. The molecule has 5 nitrogen and oxygen atoms in total. The smallest absolute Gasteiger partial charge is 0.164 e. The molecule has 7 aromatic rings. The molecule has 0 saturated carbocycles. The van der Waals surface area contributed by atoms with Crippen molar-refractivity contribution in [3.8, 4) is 56.7 Å². The fourth-order valence-corrected chi connectivity index (χ4v) is 8.38. The lowest BCUT2D eigenvalue weighted by Gasteiger charge is -2.34. The molecule has 1 aliphatic heterocycles. The Morgan fingerprint density at radius 3 is 1.65 bits per heavy atom. The molecular weight excluding hydrogens is 655 g/mol. The minimum Gasteiger partial charge on any atom is -0.228 e. The van der Waals surface area contributed by atoms with Crippen molar-refractivity contribution in [1.82, 2.24) is 24.9 Å². The van der Waals surface area contributed by atoms with Crippen molar-refractivity contribution in [2.75, 3.05) is 0 Å². The minimum absolute atomic E-state index is 0.131. The summed E-state index contributed by atoms with van der Waals surface area (Å²) in [5.41, 5.74) is 10.4. The Balaban J connectivity index is 1.12. The van der Waals surface area contributed by atoms with Gasteiger partial charge in [-0.05, 0) is 53.8 Å². The molecule has 5 aromatic carbocycles. The van der Waals surface area contributed by atoms with Crippen LogP contribution in [0.25, 0.3) is 62.3 Å². The summed E-state index contributed by atoms with van der Waals surface area (Å²) in [5, 5.41) is 0. The van der Waals surface area contributed by atoms with Crippen LogP contribution in [-0.4, -0.2) is 24.9 Å². The summed E-state index contributed by atoms with van der Waals surface area (Å²) in [5.74, 6) is 2.68. The molecule has 6 heteroatoms. The summed E-state index contributed by atoms with van der Waals surface area (Å²) >= 11 is 1.85. The lowest BCUT2D eigenvalue weighted by atomic mass is 9.77. The van der Waals surface area contributed by atoms with Gasteiger partial charge in [-0.3, -0.25) is 0 Å². The van der Waals surface area contributed by atoms with Crippen molar-refractivity contribution >= 4 is 17.3 Å². The zero-order valence-corrected chi connectivity index (χ0v) is 29.8. The third-order valence-electron chi connectivity index (χ3n) is 9.89. The van der Waals surface area contributed by atoms with E-state index < -0.39 is 0 Å². The van der Waals surface area contributed by atoms with Crippen molar-refractivity contribution < 1.29 is 0 Å². The predicted molar refractivity (Wildman–Crippen MR) is 212 cm³/mol. The van der Waals surface area contributed by atoms with Crippen LogP contribution in [0, 0.1) is 0 Å². The molecule has 0 fully saturated rings. The highest BCUT2D eigenvalue weighted by molar-refractivity contribution is 7.99. The van der Waals surface area contributed by atoms with Gasteiger partial charge in [-0.25, -0.2) is 24.9 Å². The first-order chi connectivity index (χ1) is 25.5. The molecule has 2 aromatic heterocycles. The van der Waals surface area contributed by atoms with Crippen LogP contribution in [0.4, 0.5) is 0 Å². The van der Waals surface area contributed by atoms with Gasteiger partial charge in [0.25, 0.3) is 0 Å². The quantitative estimate of drug-likeness (QED) is 0.173. The Morgan fingerprint density at radius 2 is 1.02 bits per heavy atom. The van der Waals surface area contributed by atoms with E-state index in [1.165, 1.54) is 20.9 Å². The largest absolute Gasteiger partial charge is 0.228 e. The maximum atomic E-state index is 5.19. The molecule has 2 aliphatic rings. The van der Waals surface area contributed by atoms with Crippen molar-refractivity contribution in [3.63, 3.8) is 0 Å². The van der Waals surface area contributed by atoms with Gasteiger partial charge in [0.15, 0.2) is 23.3 Å². The SMILES string of the molecule is CC1(C)c2ccccc2Sc2ccc(-c3cc(-c4ccc(-c5nc(-c6ccccc6)nc(-c6ccccc6)n5)cc4)nc(C4=CC=CCC4)n3)cc21. The zero-order chi connectivity index (χ0) is 35.1.